The number of carbonyl (C=O) groups excluding carboxylic acids is 1. The summed E-state index contributed by atoms with van der Waals surface area (Å²) in [6.45, 7) is 4.61. The van der Waals surface area contributed by atoms with Gasteiger partial charge in [-0.05, 0) is 42.8 Å². The highest BCUT2D eigenvalue weighted by Gasteiger charge is 2.23. The minimum absolute atomic E-state index is 0.0528. The molecule has 138 valence electrons. The molecule has 1 aliphatic rings. The standard InChI is InChI=1S/C20H26N4OS/c1-3-21-20(23(2)12-11-17-8-6-14-26-17)22-15-19(25)24-13-10-16-7-4-5-9-18(16)24/h4-9,14H,3,10-13,15H2,1-2H3,(H,21,22). The molecule has 1 N–H and O–H groups in total. The van der Waals surface area contributed by atoms with Crippen LogP contribution in [0.15, 0.2) is 46.8 Å². The Morgan fingerprint density at radius 3 is 2.92 bits per heavy atom. The molecule has 6 heteroatoms. The summed E-state index contributed by atoms with van der Waals surface area (Å²) in [6.07, 6.45) is 1.90. The lowest BCUT2D eigenvalue weighted by Gasteiger charge is -2.22. The fourth-order valence-electron chi connectivity index (χ4n) is 3.13. The molecule has 0 spiro atoms. The minimum Gasteiger partial charge on any atom is -0.357 e. The van der Waals surface area contributed by atoms with Crippen molar-refractivity contribution in [2.24, 2.45) is 4.99 Å². The number of guanidine groups is 1. The van der Waals surface area contributed by atoms with Gasteiger partial charge < -0.3 is 15.1 Å². The molecule has 0 atom stereocenters. The number of amides is 1. The third-order valence-electron chi connectivity index (χ3n) is 4.52. The third-order valence-corrected chi connectivity index (χ3v) is 5.46. The van der Waals surface area contributed by atoms with Gasteiger partial charge in [-0.25, -0.2) is 4.99 Å². The molecule has 2 aromatic rings. The van der Waals surface area contributed by atoms with Crippen LogP contribution in [0.1, 0.15) is 17.4 Å². The molecule has 1 amide bonds. The second kappa shape index (κ2) is 8.85. The molecule has 0 radical (unpaired) electrons. The van der Waals surface area contributed by atoms with Crippen molar-refractivity contribution >= 4 is 28.9 Å². The Kier molecular flexibility index (Phi) is 6.28. The Morgan fingerprint density at radius 2 is 2.15 bits per heavy atom. The molecule has 3 rings (SSSR count). The van der Waals surface area contributed by atoms with Crippen molar-refractivity contribution in [1.29, 1.82) is 0 Å². The summed E-state index contributed by atoms with van der Waals surface area (Å²) in [7, 11) is 2.02. The van der Waals surface area contributed by atoms with E-state index in [0.29, 0.717) is 0 Å². The number of hydrogen-bond donors (Lipinski definition) is 1. The van der Waals surface area contributed by atoms with Gasteiger partial charge in [0, 0.05) is 37.2 Å². The quantitative estimate of drug-likeness (QED) is 0.628. The number of likely N-dealkylation sites (N-methyl/N-ethyl adjacent to an activating group) is 1. The van der Waals surface area contributed by atoms with Crippen LogP contribution in [0.25, 0.3) is 0 Å². The molecule has 0 saturated heterocycles. The molecular weight excluding hydrogens is 344 g/mol. The number of anilines is 1. The largest absolute Gasteiger partial charge is 0.357 e. The summed E-state index contributed by atoms with van der Waals surface area (Å²) < 4.78 is 0. The van der Waals surface area contributed by atoms with E-state index in [-0.39, 0.29) is 12.5 Å². The van der Waals surface area contributed by atoms with Crippen LogP contribution in [0, 0.1) is 0 Å². The Balaban J connectivity index is 1.60. The van der Waals surface area contributed by atoms with Gasteiger partial charge in [0.15, 0.2) is 5.96 Å². The zero-order valence-electron chi connectivity index (χ0n) is 15.4. The average molecular weight is 371 g/mol. The summed E-state index contributed by atoms with van der Waals surface area (Å²) in [6, 6.07) is 12.3. The van der Waals surface area contributed by atoms with Crippen molar-refractivity contribution in [1.82, 2.24) is 10.2 Å². The maximum Gasteiger partial charge on any atom is 0.248 e. The molecule has 0 aliphatic carbocycles. The van der Waals surface area contributed by atoms with Gasteiger partial charge in [0.1, 0.15) is 6.54 Å². The first-order chi connectivity index (χ1) is 12.7. The maximum absolute atomic E-state index is 12.7. The maximum atomic E-state index is 12.7. The van der Waals surface area contributed by atoms with Crippen molar-refractivity contribution in [2.45, 2.75) is 19.8 Å². The number of nitrogens with zero attached hydrogens (tertiary/aromatic N) is 3. The molecule has 1 aromatic carbocycles. The van der Waals surface area contributed by atoms with Crippen LogP contribution in [0.3, 0.4) is 0 Å². The van der Waals surface area contributed by atoms with Crippen molar-refractivity contribution < 1.29 is 4.79 Å². The van der Waals surface area contributed by atoms with Crippen LogP contribution in [0.4, 0.5) is 5.69 Å². The molecule has 0 saturated carbocycles. The van der Waals surface area contributed by atoms with E-state index in [1.165, 1.54) is 10.4 Å². The van der Waals surface area contributed by atoms with E-state index in [4.69, 9.17) is 0 Å². The van der Waals surface area contributed by atoms with Crippen LogP contribution >= 0.6 is 11.3 Å². The van der Waals surface area contributed by atoms with Gasteiger partial charge in [-0.15, -0.1) is 11.3 Å². The SMILES string of the molecule is CCNC(=NCC(=O)N1CCc2ccccc21)N(C)CCc1cccs1. The van der Waals surface area contributed by atoms with Gasteiger partial charge in [0.2, 0.25) is 5.91 Å². The number of para-hydroxylation sites is 1. The third kappa shape index (κ3) is 4.43. The van der Waals surface area contributed by atoms with Crippen LogP contribution in [0.5, 0.6) is 0 Å². The molecule has 0 unspecified atom stereocenters. The number of benzene rings is 1. The summed E-state index contributed by atoms with van der Waals surface area (Å²) >= 11 is 1.77. The number of carbonyl (C=O) groups is 1. The van der Waals surface area contributed by atoms with Gasteiger partial charge in [-0.3, -0.25) is 4.79 Å². The number of rotatable bonds is 6. The van der Waals surface area contributed by atoms with Crippen LogP contribution in [-0.2, 0) is 17.6 Å². The van der Waals surface area contributed by atoms with Crippen molar-refractivity contribution in [2.75, 3.05) is 38.1 Å². The number of nitrogens with one attached hydrogen (secondary N) is 1. The van der Waals surface area contributed by atoms with Gasteiger partial charge >= 0.3 is 0 Å². The van der Waals surface area contributed by atoms with Crippen molar-refractivity contribution in [3.63, 3.8) is 0 Å². The average Bonchev–Trinajstić information content (AvgIpc) is 3.32. The fourth-order valence-corrected chi connectivity index (χ4v) is 3.83. The second-order valence-electron chi connectivity index (χ2n) is 6.35. The topological polar surface area (TPSA) is 47.9 Å². The molecule has 1 aliphatic heterocycles. The van der Waals surface area contributed by atoms with Gasteiger partial charge in [0.25, 0.3) is 0 Å². The van der Waals surface area contributed by atoms with Gasteiger partial charge in [-0.2, -0.15) is 0 Å². The zero-order valence-corrected chi connectivity index (χ0v) is 16.3. The summed E-state index contributed by atoms with van der Waals surface area (Å²) in [5.41, 5.74) is 2.27. The molecule has 2 heterocycles. The molecule has 0 bridgehead atoms. The number of hydrogen-bond acceptors (Lipinski definition) is 3. The Labute approximate surface area is 159 Å². The molecule has 1 aromatic heterocycles. The number of aliphatic imine (C=N–C) groups is 1. The highest BCUT2D eigenvalue weighted by atomic mass is 32.1. The Bertz CT molecular complexity index is 757. The minimum atomic E-state index is 0.0528. The van der Waals surface area contributed by atoms with E-state index in [0.717, 1.165) is 44.1 Å². The lowest BCUT2D eigenvalue weighted by atomic mass is 10.2. The van der Waals surface area contributed by atoms with E-state index in [1.54, 1.807) is 11.3 Å². The lowest BCUT2D eigenvalue weighted by Crippen LogP contribution is -2.41. The zero-order chi connectivity index (χ0) is 18.4. The van der Waals surface area contributed by atoms with Crippen LogP contribution in [0.2, 0.25) is 0 Å². The molecule has 26 heavy (non-hydrogen) atoms. The smallest absolute Gasteiger partial charge is 0.248 e. The van der Waals surface area contributed by atoms with E-state index in [9.17, 15) is 4.79 Å². The first kappa shape index (κ1) is 18.5. The van der Waals surface area contributed by atoms with Crippen molar-refractivity contribution in [3.05, 3.63) is 52.2 Å². The highest BCUT2D eigenvalue weighted by Crippen LogP contribution is 2.27. The predicted octanol–water partition coefficient (Wildman–Crippen LogP) is 2.78. The van der Waals surface area contributed by atoms with E-state index in [1.807, 2.05) is 37.1 Å². The summed E-state index contributed by atoms with van der Waals surface area (Å²) in [4.78, 5) is 22.5. The van der Waals surface area contributed by atoms with E-state index >= 15 is 0 Å². The summed E-state index contributed by atoms with van der Waals surface area (Å²) in [5, 5.41) is 5.38. The van der Waals surface area contributed by atoms with E-state index < -0.39 is 0 Å². The summed E-state index contributed by atoms with van der Waals surface area (Å²) in [5.74, 6) is 0.835. The van der Waals surface area contributed by atoms with E-state index in [2.05, 4.69) is 38.8 Å². The van der Waals surface area contributed by atoms with Crippen LogP contribution < -0.4 is 10.2 Å². The monoisotopic (exact) mass is 370 g/mol. The first-order valence-corrected chi connectivity index (χ1v) is 9.97. The van der Waals surface area contributed by atoms with Gasteiger partial charge in [-0.1, -0.05) is 24.3 Å². The van der Waals surface area contributed by atoms with Crippen LogP contribution in [-0.4, -0.2) is 50.0 Å². The van der Waals surface area contributed by atoms with Crippen molar-refractivity contribution in [3.8, 4) is 0 Å². The molecule has 0 fully saturated rings. The normalized spacial score (nSPS) is 13.6. The molecule has 5 nitrogen and oxygen atoms in total. The number of fused-ring (bicyclic) bond motifs is 1. The molecular formula is C20H26N4OS. The fraction of sp³-hybridized carbons (Fsp3) is 0.400. The number of thiophene rings is 1. The lowest BCUT2D eigenvalue weighted by molar-refractivity contribution is -0.117. The predicted molar refractivity (Wildman–Crippen MR) is 109 cm³/mol. The Hall–Kier alpha value is -2.34. The van der Waals surface area contributed by atoms with Gasteiger partial charge in [0.05, 0.1) is 0 Å². The Morgan fingerprint density at radius 1 is 1.31 bits per heavy atom. The highest BCUT2D eigenvalue weighted by molar-refractivity contribution is 7.09. The first-order valence-electron chi connectivity index (χ1n) is 9.09. The second-order valence-corrected chi connectivity index (χ2v) is 7.38.